The van der Waals surface area contributed by atoms with Crippen LogP contribution in [0.25, 0.3) is 6.08 Å². The van der Waals surface area contributed by atoms with Crippen LogP contribution >= 0.6 is 0 Å². The Kier molecular flexibility index (Phi) is 3.61. The predicted octanol–water partition coefficient (Wildman–Crippen LogP) is 4.62. The first-order valence-corrected chi connectivity index (χ1v) is 5.68. The molecule has 0 bridgehead atoms. The average Bonchev–Trinajstić information content (AvgIpc) is 2.33. The molecule has 1 radical (unpaired) electrons. The van der Waals surface area contributed by atoms with Crippen LogP contribution in [-0.4, -0.2) is 0 Å². The molecular formula is C16H15O. The highest BCUT2D eigenvalue weighted by Crippen LogP contribution is 2.24. The molecule has 0 aliphatic heterocycles. The van der Waals surface area contributed by atoms with Crippen molar-refractivity contribution < 1.29 is 4.74 Å². The molecule has 0 spiro atoms. The maximum Gasteiger partial charge on any atom is 0.136 e. The molecule has 0 saturated carbocycles. The third-order valence-electron chi connectivity index (χ3n) is 2.45. The van der Waals surface area contributed by atoms with Gasteiger partial charge in [-0.05, 0) is 37.1 Å². The van der Waals surface area contributed by atoms with E-state index in [1.54, 1.807) is 0 Å². The predicted molar refractivity (Wildman–Crippen MR) is 71.2 cm³/mol. The second-order valence-corrected chi connectivity index (χ2v) is 3.84. The van der Waals surface area contributed by atoms with Gasteiger partial charge in [-0.25, -0.2) is 0 Å². The Hall–Kier alpha value is -2.02. The van der Waals surface area contributed by atoms with Crippen LogP contribution in [0.1, 0.15) is 18.1 Å². The third-order valence-corrected chi connectivity index (χ3v) is 2.45. The zero-order valence-electron chi connectivity index (χ0n) is 10.1. The first-order valence-electron chi connectivity index (χ1n) is 5.68. The van der Waals surface area contributed by atoms with Crippen LogP contribution < -0.4 is 4.74 Å². The molecule has 1 nitrogen and oxygen atoms in total. The molecule has 0 saturated heterocycles. The molecule has 0 aromatic heterocycles. The maximum atomic E-state index is 5.81. The summed E-state index contributed by atoms with van der Waals surface area (Å²) in [4.78, 5) is 0. The minimum atomic E-state index is 0.745. The van der Waals surface area contributed by atoms with Crippen LogP contribution in [0.4, 0.5) is 0 Å². The molecule has 0 fully saturated rings. The van der Waals surface area contributed by atoms with Crippen molar-refractivity contribution >= 4 is 6.08 Å². The van der Waals surface area contributed by atoms with Crippen LogP contribution in [0.2, 0.25) is 0 Å². The Morgan fingerprint density at radius 1 is 1.06 bits per heavy atom. The van der Waals surface area contributed by atoms with Crippen molar-refractivity contribution in [2.24, 2.45) is 0 Å². The van der Waals surface area contributed by atoms with Gasteiger partial charge in [-0.3, -0.25) is 0 Å². The lowest BCUT2D eigenvalue weighted by atomic mass is 10.2. The van der Waals surface area contributed by atoms with Crippen molar-refractivity contribution in [2.45, 2.75) is 13.8 Å². The molecule has 0 unspecified atom stereocenters. The van der Waals surface area contributed by atoms with E-state index in [0.29, 0.717) is 0 Å². The Morgan fingerprint density at radius 2 is 1.88 bits per heavy atom. The lowest BCUT2D eigenvalue weighted by Crippen LogP contribution is -1.87. The fourth-order valence-corrected chi connectivity index (χ4v) is 1.59. The quantitative estimate of drug-likeness (QED) is 0.737. The summed E-state index contributed by atoms with van der Waals surface area (Å²) in [6.45, 7) is 4.02. The summed E-state index contributed by atoms with van der Waals surface area (Å²) < 4.78 is 5.81. The lowest BCUT2D eigenvalue weighted by Gasteiger charge is -2.08. The van der Waals surface area contributed by atoms with Gasteiger partial charge < -0.3 is 4.74 Å². The molecule has 2 aromatic rings. The zero-order chi connectivity index (χ0) is 12.1. The third kappa shape index (κ3) is 2.97. The Morgan fingerprint density at radius 3 is 2.65 bits per heavy atom. The van der Waals surface area contributed by atoms with E-state index in [1.165, 1.54) is 0 Å². The van der Waals surface area contributed by atoms with Gasteiger partial charge in [0.1, 0.15) is 11.5 Å². The van der Waals surface area contributed by atoms with Crippen molar-refractivity contribution in [1.29, 1.82) is 0 Å². The van der Waals surface area contributed by atoms with Crippen molar-refractivity contribution in [2.75, 3.05) is 0 Å². The second-order valence-electron chi connectivity index (χ2n) is 3.84. The lowest BCUT2D eigenvalue weighted by molar-refractivity contribution is 0.478. The van der Waals surface area contributed by atoms with E-state index in [9.17, 15) is 0 Å². The summed E-state index contributed by atoms with van der Waals surface area (Å²) in [5.41, 5.74) is 2.15. The molecule has 0 aliphatic rings. The summed E-state index contributed by atoms with van der Waals surface area (Å²) in [7, 11) is 0. The van der Waals surface area contributed by atoms with Crippen LogP contribution in [0.15, 0.2) is 48.5 Å². The van der Waals surface area contributed by atoms with Gasteiger partial charge in [-0.1, -0.05) is 42.5 Å². The van der Waals surface area contributed by atoms with E-state index in [2.05, 4.69) is 6.07 Å². The van der Waals surface area contributed by atoms with Crippen molar-refractivity contribution in [3.05, 3.63) is 65.7 Å². The zero-order valence-corrected chi connectivity index (χ0v) is 10.1. The normalized spacial score (nSPS) is 10.7. The van der Waals surface area contributed by atoms with E-state index >= 15 is 0 Å². The SMILES string of the molecule is C/C=C\c1[c]c(Oc2ccccc2C)ccc1. The number of ether oxygens (including phenoxy) is 1. The minimum absolute atomic E-state index is 0.745. The summed E-state index contributed by atoms with van der Waals surface area (Å²) in [6.07, 6.45) is 3.99. The summed E-state index contributed by atoms with van der Waals surface area (Å²) >= 11 is 0. The monoisotopic (exact) mass is 223 g/mol. The molecule has 0 aliphatic carbocycles. The van der Waals surface area contributed by atoms with E-state index in [1.807, 2.05) is 68.5 Å². The van der Waals surface area contributed by atoms with Crippen LogP contribution in [0.3, 0.4) is 0 Å². The van der Waals surface area contributed by atoms with Gasteiger partial charge in [-0.2, -0.15) is 0 Å². The number of benzene rings is 2. The number of para-hydroxylation sites is 1. The van der Waals surface area contributed by atoms with E-state index in [0.717, 1.165) is 22.6 Å². The maximum absolute atomic E-state index is 5.81. The summed E-state index contributed by atoms with van der Waals surface area (Å²) in [5, 5.41) is 0. The fourth-order valence-electron chi connectivity index (χ4n) is 1.59. The van der Waals surface area contributed by atoms with Crippen LogP contribution in [0.5, 0.6) is 11.5 Å². The Labute approximate surface area is 102 Å². The van der Waals surface area contributed by atoms with Gasteiger partial charge >= 0.3 is 0 Å². The molecule has 0 atom stereocenters. The van der Waals surface area contributed by atoms with Crippen LogP contribution in [-0.2, 0) is 0 Å². The number of rotatable bonds is 3. The molecule has 2 aromatic carbocycles. The number of allylic oxidation sites excluding steroid dienone is 1. The standard InChI is InChI=1S/C16H15O/c1-3-7-14-9-6-10-15(12-14)17-16-11-5-4-8-13(16)2/h3-11H,1-2H3/b7-3-. The fraction of sp³-hybridized carbons (Fsp3) is 0.125. The van der Waals surface area contributed by atoms with Gasteiger partial charge in [0.25, 0.3) is 0 Å². The van der Waals surface area contributed by atoms with Crippen molar-refractivity contribution in [1.82, 2.24) is 0 Å². The van der Waals surface area contributed by atoms with Crippen LogP contribution in [0, 0.1) is 13.0 Å². The van der Waals surface area contributed by atoms with E-state index in [-0.39, 0.29) is 0 Å². The largest absolute Gasteiger partial charge is 0.456 e. The Bertz CT molecular complexity index is 527. The Balaban J connectivity index is 2.24. The first-order chi connectivity index (χ1) is 8.29. The van der Waals surface area contributed by atoms with Gasteiger partial charge in [0.15, 0.2) is 0 Å². The highest BCUT2D eigenvalue weighted by molar-refractivity contribution is 5.51. The van der Waals surface area contributed by atoms with Gasteiger partial charge in [0.05, 0.1) is 0 Å². The topological polar surface area (TPSA) is 9.23 Å². The van der Waals surface area contributed by atoms with Crippen molar-refractivity contribution in [3.8, 4) is 11.5 Å². The van der Waals surface area contributed by atoms with E-state index in [4.69, 9.17) is 4.74 Å². The van der Waals surface area contributed by atoms with Gasteiger partial charge in [0, 0.05) is 6.07 Å². The molecule has 1 heteroatoms. The molecule has 0 N–H and O–H groups in total. The highest BCUT2D eigenvalue weighted by atomic mass is 16.5. The summed E-state index contributed by atoms with van der Waals surface area (Å²) in [6, 6.07) is 17.1. The minimum Gasteiger partial charge on any atom is -0.456 e. The van der Waals surface area contributed by atoms with Crippen molar-refractivity contribution in [3.63, 3.8) is 0 Å². The number of hydrogen-bond donors (Lipinski definition) is 0. The second kappa shape index (κ2) is 5.35. The first kappa shape index (κ1) is 11.5. The average molecular weight is 223 g/mol. The number of hydrogen-bond acceptors (Lipinski definition) is 1. The van der Waals surface area contributed by atoms with Gasteiger partial charge in [0.2, 0.25) is 0 Å². The smallest absolute Gasteiger partial charge is 0.136 e. The number of aryl methyl sites for hydroxylation is 1. The molecule has 85 valence electrons. The molecule has 17 heavy (non-hydrogen) atoms. The molecule has 0 heterocycles. The van der Waals surface area contributed by atoms with Gasteiger partial charge in [-0.15, -0.1) is 0 Å². The molecule has 0 amide bonds. The molecular weight excluding hydrogens is 208 g/mol. The highest BCUT2D eigenvalue weighted by Gasteiger charge is 2.00. The molecule has 2 rings (SSSR count). The van der Waals surface area contributed by atoms with E-state index < -0.39 is 0 Å². The summed E-state index contributed by atoms with van der Waals surface area (Å²) in [5.74, 6) is 1.62.